The van der Waals surface area contributed by atoms with Gasteiger partial charge in [0.15, 0.2) is 11.5 Å². The highest BCUT2D eigenvalue weighted by Gasteiger charge is 2.10. The van der Waals surface area contributed by atoms with Gasteiger partial charge in [-0.25, -0.2) is 0 Å². The second-order valence-corrected chi connectivity index (χ2v) is 4.58. The standard InChI is InChI=1S/C15H25NO3/c1-3-4-10-19-14-8-7-12(11-15(14)18-2)13(16)6-5-9-17/h7-8,11,13,17H,3-6,9-10,16H2,1-2H3/t13-/m1/s1. The first kappa shape index (κ1) is 15.8. The monoisotopic (exact) mass is 267 g/mol. The second kappa shape index (κ2) is 8.77. The normalized spacial score (nSPS) is 12.2. The summed E-state index contributed by atoms with van der Waals surface area (Å²) >= 11 is 0. The first-order valence-electron chi connectivity index (χ1n) is 6.90. The van der Waals surface area contributed by atoms with Crippen LogP contribution in [0, 0.1) is 0 Å². The summed E-state index contributed by atoms with van der Waals surface area (Å²) in [4.78, 5) is 0. The first-order chi connectivity index (χ1) is 9.22. The van der Waals surface area contributed by atoms with Crippen molar-refractivity contribution in [1.29, 1.82) is 0 Å². The van der Waals surface area contributed by atoms with E-state index in [-0.39, 0.29) is 12.6 Å². The Hall–Kier alpha value is -1.26. The fourth-order valence-corrected chi connectivity index (χ4v) is 1.84. The zero-order valence-corrected chi connectivity index (χ0v) is 11.9. The molecular formula is C15H25NO3. The molecule has 108 valence electrons. The molecule has 0 aromatic heterocycles. The molecule has 1 aromatic carbocycles. The number of unbranched alkanes of at least 4 members (excludes halogenated alkanes) is 1. The van der Waals surface area contributed by atoms with Gasteiger partial charge in [0, 0.05) is 12.6 Å². The van der Waals surface area contributed by atoms with Gasteiger partial charge in [-0.1, -0.05) is 19.4 Å². The molecule has 0 saturated carbocycles. The second-order valence-electron chi connectivity index (χ2n) is 4.58. The van der Waals surface area contributed by atoms with E-state index < -0.39 is 0 Å². The van der Waals surface area contributed by atoms with Crippen molar-refractivity contribution in [3.05, 3.63) is 23.8 Å². The van der Waals surface area contributed by atoms with Gasteiger partial charge in [-0.2, -0.15) is 0 Å². The molecule has 4 nitrogen and oxygen atoms in total. The van der Waals surface area contributed by atoms with Crippen molar-refractivity contribution in [2.45, 2.75) is 38.6 Å². The number of nitrogens with two attached hydrogens (primary N) is 1. The van der Waals surface area contributed by atoms with Crippen LogP contribution < -0.4 is 15.2 Å². The fourth-order valence-electron chi connectivity index (χ4n) is 1.84. The molecule has 4 heteroatoms. The van der Waals surface area contributed by atoms with E-state index in [9.17, 15) is 0 Å². The lowest BCUT2D eigenvalue weighted by atomic mass is 10.0. The molecule has 0 amide bonds. The van der Waals surface area contributed by atoms with Crippen molar-refractivity contribution in [3.8, 4) is 11.5 Å². The van der Waals surface area contributed by atoms with Gasteiger partial charge in [-0.3, -0.25) is 0 Å². The molecule has 1 aromatic rings. The van der Waals surface area contributed by atoms with Crippen molar-refractivity contribution < 1.29 is 14.6 Å². The lowest BCUT2D eigenvalue weighted by molar-refractivity contribution is 0.279. The number of ether oxygens (including phenoxy) is 2. The minimum absolute atomic E-state index is 0.0780. The van der Waals surface area contributed by atoms with Gasteiger partial charge >= 0.3 is 0 Å². The number of methoxy groups -OCH3 is 1. The highest BCUT2D eigenvalue weighted by Crippen LogP contribution is 2.31. The number of benzene rings is 1. The molecule has 1 atom stereocenters. The van der Waals surface area contributed by atoms with E-state index in [4.69, 9.17) is 20.3 Å². The van der Waals surface area contributed by atoms with E-state index >= 15 is 0 Å². The molecule has 3 N–H and O–H groups in total. The Kier molecular flexibility index (Phi) is 7.30. The summed E-state index contributed by atoms with van der Waals surface area (Å²) in [6.07, 6.45) is 3.60. The molecule has 0 aliphatic carbocycles. The molecule has 0 radical (unpaired) electrons. The van der Waals surface area contributed by atoms with Crippen molar-refractivity contribution in [2.75, 3.05) is 20.3 Å². The zero-order chi connectivity index (χ0) is 14.1. The smallest absolute Gasteiger partial charge is 0.161 e. The summed E-state index contributed by atoms with van der Waals surface area (Å²) in [7, 11) is 1.63. The highest BCUT2D eigenvalue weighted by atomic mass is 16.5. The van der Waals surface area contributed by atoms with Crippen LogP contribution in [0.25, 0.3) is 0 Å². The van der Waals surface area contributed by atoms with Gasteiger partial charge < -0.3 is 20.3 Å². The molecule has 0 aliphatic heterocycles. The van der Waals surface area contributed by atoms with E-state index in [1.54, 1.807) is 7.11 Å². The number of aliphatic hydroxyl groups is 1. The highest BCUT2D eigenvalue weighted by molar-refractivity contribution is 5.43. The Balaban J connectivity index is 2.71. The third-order valence-corrected chi connectivity index (χ3v) is 3.04. The van der Waals surface area contributed by atoms with Crippen LogP contribution in [-0.2, 0) is 0 Å². The van der Waals surface area contributed by atoms with Crippen LogP contribution in [-0.4, -0.2) is 25.4 Å². The van der Waals surface area contributed by atoms with E-state index in [0.717, 1.165) is 30.6 Å². The van der Waals surface area contributed by atoms with Crippen molar-refractivity contribution in [2.24, 2.45) is 5.73 Å². The van der Waals surface area contributed by atoms with Crippen LogP contribution in [0.1, 0.15) is 44.2 Å². The lowest BCUT2D eigenvalue weighted by Crippen LogP contribution is -2.11. The molecule has 1 rings (SSSR count). The number of hydrogen-bond acceptors (Lipinski definition) is 4. The minimum Gasteiger partial charge on any atom is -0.493 e. The van der Waals surface area contributed by atoms with E-state index in [1.807, 2.05) is 18.2 Å². The Morgan fingerprint density at radius 1 is 1.26 bits per heavy atom. The Bertz CT molecular complexity index is 368. The molecule has 0 unspecified atom stereocenters. The maximum absolute atomic E-state index is 8.83. The predicted octanol–water partition coefficient (Wildman–Crippen LogP) is 2.65. The van der Waals surface area contributed by atoms with Gasteiger partial charge in [0.25, 0.3) is 0 Å². The first-order valence-corrected chi connectivity index (χ1v) is 6.90. The number of rotatable bonds is 9. The summed E-state index contributed by atoms with van der Waals surface area (Å²) in [5.74, 6) is 1.47. The van der Waals surface area contributed by atoms with Gasteiger partial charge in [0.1, 0.15) is 0 Å². The van der Waals surface area contributed by atoms with Gasteiger partial charge in [0.05, 0.1) is 13.7 Å². The Labute approximate surface area is 115 Å². The van der Waals surface area contributed by atoms with Crippen LogP contribution in [0.2, 0.25) is 0 Å². The number of hydrogen-bond donors (Lipinski definition) is 2. The van der Waals surface area contributed by atoms with E-state index in [2.05, 4.69) is 6.92 Å². The summed E-state index contributed by atoms with van der Waals surface area (Å²) in [6.45, 7) is 3.00. The van der Waals surface area contributed by atoms with Gasteiger partial charge in [-0.15, -0.1) is 0 Å². The molecule has 0 bridgehead atoms. The third-order valence-electron chi connectivity index (χ3n) is 3.04. The maximum Gasteiger partial charge on any atom is 0.161 e. The lowest BCUT2D eigenvalue weighted by Gasteiger charge is -2.15. The van der Waals surface area contributed by atoms with Crippen LogP contribution >= 0.6 is 0 Å². The summed E-state index contributed by atoms with van der Waals surface area (Å²) in [5.41, 5.74) is 7.08. The van der Waals surface area contributed by atoms with E-state index in [1.165, 1.54) is 0 Å². The quantitative estimate of drug-likeness (QED) is 0.675. The largest absolute Gasteiger partial charge is 0.493 e. The molecular weight excluding hydrogens is 242 g/mol. The Morgan fingerprint density at radius 2 is 2.05 bits per heavy atom. The molecule has 0 spiro atoms. The molecule has 19 heavy (non-hydrogen) atoms. The molecule has 0 heterocycles. The zero-order valence-electron chi connectivity index (χ0n) is 11.9. The van der Waals surface area contributed by atoms with Crippen molar-refractivity contribution in [1.82, 2.24) is 0 Å². The van der Waals surface area contributed by atoms with Gasteiger partial charge in [0.2, 0.25) is 0 Å². The van der Waals surface area contributed by atoms with Crippen LogP contribution in [0.4, 0.5) is 0 Å². The minimum atomic E-state index is -0.0780. The van der Waals surface area contributed by atoms with Crippen LogP contribution in [0.3, 0.4) is 0 Å². The maximum atomic E-state index is 8.83. The molecule has 0 aliphatic rings. The van der Waals surface area contributed by atoms with Crippen molar-refractivity contribution in [3.63, 3.8) is 0 Å². The SMILES string of the molecule is CCCCOc1ccc([C@H](N)CCCO)cc1OC. The van der Waals surface area contributed by atoms with E-state index in [0.29, 0.717) is 18.8 Å². The third kappa shape index (κ3) is 5.09. The summed E-state index contributed by atoms with van der Waals surface area (Å²) in [5, 5.41) is 8.83. The summed E-state index contributed by atoms with van der Waals surface area (Å²) < 4.78 is 11.0. The molecule has 0 fully saturated rings. The van der Waals surface area contributed by atoms with Crippen molar-refractivity contribution >= 4 is 0 Å². The van der Waals surface area contributed by atoms with Crippen LogP contribution in [0.5, 0.6) is 11.5 Å². The van der Waals surface area contributed by atoms with Crippen LogP contribution in [0.15, 0.2) is 18.2 Å². The predicted molar refractivity (Wildman–Crippen MR) is 76.6 cm³/mol. The Morgan fingerprint density at radius 3 is 2.68 bits per heavy atom. The fraction of sp³-hybridized carbons (Fsp3) is 0.600. The topological polar surface area (TPSA) is 64.7 Å². The number of aliphatic hydroxyl groups excluding tert-OH is 1. The van der Waals surface area contributed by atoms with Gasteiger partial charge in [-0.05, 0) is 37.0 Å². The molecule has 0 saturated heterocycles. The summed E-state index contributed by atoms with van der Waals surface area (Å²) in [6, 6.07) is 5.71. The average Bonchev–Trinajstić information content (AvgIpc) is 2.45. The average molecular weight is 267 g/mol.